The zero-order valence-corrected chi connectivity index (χ0v) is 17.6. The largest absolute Gasteiger partial charge is 0.493 e. The minimum atomic E-state index is -4.32. The van der Waals surface area contributed by atoms with E-state index in [-0.39, 0.29) is 0 Å². The highest BCUT2D eigenvalue weighted by Crippen LogP contribution is 2.39. The van der Waals surface area contributed by atoms with E-state index >= 15 is 0 Å². The molecule has 2 aromatic carbocycles. The molecule has 0 N–H and O–H groups in total. The van der Waals surface area contributed by atoms with Gasteiger partial charge in [0, 0.05) is 29.2 Å². The van der Waals surface area contributed by atoms with Gasteiger partial charge < -0.3 is 9.64 Å². The highest BCUT2D eigenvalue weighted by atomic mass is 35.5. The second-order valence-electron chi connectivity index (χ2n) is 8.51. The van der Waals surface area contributed by atoms with E-state index in [0.717, 1.165) is 48.9 Å². The number of nitrogens with zero attached hydrogens (tertiary/aromatic N) is 1. The lowest BCUT2D eigenvalue weighted by Crippen LogP contribution is -2.48. The summed E-state index contributed by atoms with van der Waals surface area (Å²) >= 11 is 6.08. The second kappa shape index (κ2) is 9.09. The summed E-state index contributed by atoms with van der Waals surface area (Å²) in [7, 11) is 0. The fourth-order valence-corrected chi connectivity index (χ4v) is 4.74. The van der Waals surface area contributed by atoms with Crippen LogP contribution in [-0.2, 0) is 6.18 Å². The first-order valence-electron chi connectivity index (χ1n) is 10.7. The van der Waals surface area contributed by atoms with E-state index in [0.29, 0.717) is 24.3 Å². The molecule has 2 aliphatic rings. The fraction of sp³-hybridized carbons (Fsp3) is 0.500. The standard InChI is InChI=1S/C24H27ClF3NO/c25-20-8-10-21(11-9-20)29-14-2-5-18(23(29)15-17-3-1-4-17)16-30-22-12-6-19(7-13-22)24(26,27)28/h6-13,17-18,23H,1-5,14-16H2. The lowest BCUT2D eigenvalue weighted by atomic mass is 9.76. The smallest absolute Gasteiger partial charge is 0.416 e. The van der Waals surface area contributed by atoms with E-state index in [4.69, 9.17) is 16.3 Å². The minimum absolute atomic E-state index is 0.345. The van der Waals surface area contributed by atoms with Crippen molar-refractivity contribution in [2.45, 2.75) is 50.7 Å². The molecule has 1 aliphatic carbocycles. The van der Waals surface area contributed by atoms with Gasteiger partial charge in [0.05, 0.1) is 12.2 Å². The molecule has 1 heterocycles. The maximum Gasteiger partial charge on any atom is 0.416 e. The number of piperidine rings is 1. The average molecular weight is 438 g/mol. The van der Waals surface area contributed by atoms with Crippen molar-refractivity contribution in [2.24, 2.45) is 11.8 Å². The van der Waals surface area contributed by atoms with Crippen molar-refractivity contribution < 1.29 is 17.9 Å². The van der Waals surface area contributed by atoms with Crippen molar-refractivity contribution in [3.05, 3.63) is 59.1 Å². The van der Waals surface area contributed by atoms with Crippen LogP contribution in [-0.4, -0.2) is 19.2 Å². The Morgan fingerprint density at radius 3 is 2.23 bits per heavy atom. The Bertz CT molecular complexity index is 818. The number of hydrogen-bond donors (Lipinski definition) is 0. The molecule has 1 saturated heterocycles. The van der Waals surface area contributed by atoms with Crippen LogP contribution in [0.5, 0.6) is 5.75 Å². The number of ether oxygens (including phenoxy) is 1. The molecular formula is C24H27ClF3NO. The van der Waals surface area contributed by atoms with Gasteiger partial charge in [-0.05, 0) is 73.7 Å². The molecule has 2 aromatic rings. The van der Waals surface area contributed by atoms with Crippen LogP contribution in [0.1, 0.15) is 44.1 Å². The maximum absolute atomic E-state index is 12.8. The zero-order valence-electron chi connectivity index (χ0n) is 16.9. The van der Waals surface area contributed by atoms with E-state index in [2.05, 4.69) is 17.0 Å². The predicted octanol–water partition coefficient (Wildman–Crippen LogP) is 7.21. The van der Waals surface area contributed by atoms with Crippen molar-refractivity contribution in [3.63, 3.8) is 0 Å². The Morgan fingerprint density at radius 1 is 0.933 bits per heavy atom. The molecule has 1 aliphatic heterocycles. The Kier molecular flexibility index (Phi) is 6.47. The Labute approximate surface area is 181 Å². The van der Waals surface area contributed by atoms with E-state index in [9.17, 15) is 13.2 Å². The summed E-state index contributed by atoms with van der Waals surface area (Å²) in [6, 6.07) is 13.4. The molecule has 2 nitrogen and oxygen atoms in total. The summed E-state index contributed by atoms with van der Waals surface area (Å²) in [5.41, 5.74) is 0.534. The molecule has 2 atom stereocenters. The van der Waals surface area contributed by atoms with Gasteiger partial charge in [0.15, 0.2) is 0 Å². The van der Waals surface area contributed by atoms with Crippen molar-refractivity contribution in [1.29, 1.82) is 0 Å². The highest BCUT2D eigenvalue weighted by molar-refractivity contribution is 6.30. The summed E-state index contributed by atoms with van der Waals surface area (Å²) < 4.78 is 44.3. The minimum Gasteiger partial charge on any atom is -0.493 e. The highest BCUT2D eigenvalue weighted by Gasteiger charge is 2.35. The van der Waals surface area contributed by atoms with Gasteiger partial charge in [-0.15, -0.1) is 0 Å². The van der Waals surface area contributed by atoms with Gasteiger partial charge in [-0.1, -0.05) is 30.9 Å². The van der Waals surface area contributed by atoms with Crippen molar-refractivity contribution in [1.82, 2.24) is 0 Å². The fourth-order valence-electron chi connectivity index (χ4n) is 4.62. The van der Waals surface area contributed by atoms with Gasteiger partial charge in [0.2, 0.25) is 0 Å². The summed E-state index contributed by atoms with van der Waals surface area (Å²) in [4.78, 5) is 2.49. The molecular weight excluding hydrogens is 411 g/mol. The predicted molar refractivity (Wildman–Crippen MR) is 114 cm³/mol. The third-order valence-electron chi connectivity index (χ3n) is 6.52. The van der Waals surface area contributed by atoms with Crippen LogP contribution >= 0.6 is 11.6 Å². The van der Waals surface area contributed by atoms with E-state index in [1.807, 2.05) is 12.1 Å². The van der Waals surface area contributed by atoms with Gasteiger partial charge >= 0.3 is 6.18 Å². The quantitative estimate of drug-likeness (QED) is 0.473. The Balaban J connectivity index is 1.46. The molecule has 4 rings (SSSR count). The van der Waals surface area contributed by atoms with Gasteiger partial charge in [-0.3, -0.25) is 0 Å². The number of halogens is 4. The Morgan fingerprint density at radius 2 is 1.63 bits per heavy atom. The number of hydrogen-bond acceptors (Lipinski definition) is 2. The van der Waals surface area contributed by atoms with Crippen LogP contribution in [0.15, 0.2) is 48.5 Å². The summed E-state index contributed by atoms with van der Waals surface area (Å²) in [6.45, 7) is 1.53. The van der Waals surface area contributed by atoms with Gasteiger partial charge in [-0.25, -0.2) is 0 Å². The molecule has 0 bridgehead atoms. The first kappa shape index (κ1) is 21.4. The lowest BCUT2D eigenvalue weighted by molar-refractivity contribution is -0.137. The topological polar surface area (TPSA) is 12.5 Å². The molecule has 2 fully saturated rings. The van der Waals surface area contributed by atoms with Crippen molar-refractivity contribution >= 4 is 17.3 Å². The third kappa shape index (κ3) is 5.05. The number of alkyl halides is 3. The van der Waals surface area contributed by atoms with Crippen molar-refractivity contribution in [3.8, 4) is 5.75 Å². The molecule has 0 amide bonds. The SMILES string of the molecule is FC(F)(F)c1ccc(OCC2CCCN(c3ccc(Cl)cc3)C2CC2CCC2)cc1. The summed E-state index contributed by atoms with van der Waals surface area (Å²) in [5.74, 6) is 1.60. The van der Waals surface area contributed by atoms with Gasteiger partial charge in [0.25, 0.3) is 0 Å². The van der Waals surface area contributed by atoms with E-state index < -0.39 is 11.7 Å². The van der Waals surface area contributed by atoms with E-state index in [1.54, 1.807) is 0 Å². The summed E-state index contributed by atoms with van der Waals surface area (Å²) in [6.07, 6.45) is 2.85. The molecule has 0 aromatic heterocycles. The number of rotatable bonds is 6. The van der Waals surface area contributed by atoms with Crippen LogP contribution in [0.3, 0.4) is 0 Å². The Hall–Kier alpha value is -1.88. The van der Waals surface area contributed by atoms with Crippen LogP contribution in [0.2, 0.25) is 5.02 Å². The first-order valence-corrected chi connectivity index (χ1v) is 11.1. The van der Waals surface area contributed by atoms with Gasteiger partial charge in [-0.2, -0.15) is 13.2 Å². The van der Waals surface area contributed by atoms with Crippen molar-refractivity contribution in [2.75, 3.05) is 18.1 Å². The van der Waals surface area contributed by atoms with Gasteiger partial charge in [0.1, 0.15) is 5.75 Å². The normalized spacial score (nSPS) is 22.6. The molecule has 30 heavy (non-hydrogen) atoms. The summed E-state index contributed by atoms with van der Waals surface area (Å²) in [5, 5.41) is 0.730. The maximum atomic E-state index is 12.8. The number of benzene rings is 2. The molecule has 1 saturated carbocycles. The molecule has 0 radical (unpaired) electrons. The molecule has 162 valence electrons. The van der Waals surface area contributed by atoms with Crippen LogP contribution in [0.25, 0.3) is 0 Å². The monoisotopic (exact) mass is 437 g/mol. The average Bonchev–Trinajstić information content (AvgIpc) is 2.70. The first-order chi connectivity index (χ1) is 14.4. The van der Waals surface area contributed by atoms with E-state index in [1.165, 1.54) is 37.1 Å². The molecule has 6 heteroatoms. The second-order valence-corrected chi connectivity index (χ2v) is 8.94. The zero-order chi connectivity index (χ0) is 21.1. The van der Waals surface area contributed by atoms with Crippen LogP contribution in [0.4, 0.5) is 18.9 Å². The van der Waals surface area contributed by atoms with Crippen LogP contribution < -0.4 is 9.64 Å². The molecule has 2 unspecified atom stereocenters. The number of anilines is 1. The van der Waals surface area contributed by atoms with Crippen LogP contribution in [0, 0.1) is 11.8 Å². The third-order valence-corrected chi connectivity index (χ3v) is 6.77. The lowest BCUT2D eigenvalue weighted by Gasteiger charge is -2.45. The molecule has 0 spiro atoms.